The molecular formula is C8H8OU. The van der Waals surface area contributed by atoms with Gasteiger partial charge in [-0.2, -0.15) is 18.2 Å². The van der Waals surface area contributed by atoms with Crippen molar-refractivity contribution in [1.82, 2.24) is 0 Å². The van der Waals surface area contributed by atoms with E-state index in [9.17, 15) is 0 Å². The zero-order valence-electron chi connectivity index (χ0n) is 5.63. The zero-order valence-corrected chi connectivity index (χ0v) is 9.80. The minimum absolute atomic E-state index is 0. The van der Waals surface area contributed by atoms with E-state index in [-0.39, 0.29) is 31.1 Å². The molecule has 0 spiro atoms. The standard InChI is InChI=1S/C8H8O.U/c1-2-9-8-6-4-3-5-7-8;/h3-6H,1-2H2;/q-2;+2. The van der Waals surface area contributed by atoms with Crippen LogP contribution in [-0.4, -0.2) is 6.61 Å². The van der Waals surface area contributed by atoms with E-state index in [1.54, 1.807) is 0 Å². The smallest absolute Gasteiger partial charge is 0.551 e. The fourth-order valence-corrected chi connectivity index (χ4v) is 0.577. The first-order chi connectivity index (χ1) is 4.43. The molecule has 1 aromatic carbocycles. The second kappa shape index (κ2) is 5.83. The van der Waals surface area contributed by atoms with Crippen LogP contribution in [0.3, 0.4) is 0 Å². The SMILES string of the molecule is [CH2-]COc1[c-]cccc1.[U+2]. The summed E-state index contributed by atoms with van der Waals surface area (Å²) in [6.45, 7) is 4.00. The molecule has 0 atom stereocenters. The molecule has 1 rings (SSSR count). The number of benzene rings is 1. The van der Waals surface area contributed by atoms with Crippen LogP contribution in [0.15, 0.2) is 24.3 Å². The van der Waals surface area contributed by atoms with E-state index in [0.29, 0.717) is 6.61 Å². The molecule has 0 saturated carbocycles. The average molecular weight is 358 g/mol. The van der Waals surface area contributed by atoms with Crippen molar-refractivity contribution in [3.05, 3.63) is 37.3 Å². The molecule has 10 heavy (non-hydrogen) atoms. The van der Waals surface area contributed by atoms with E-state index in [1.165, 1.54) is 0 Å². The Labute approximate surface area is 85.2 Å². The number of hydrogen-bond acceptors (Lipinski definition) is 1. The summed E-state index contributed by atoms with van der Waals surface area (Å²) < 4.78 is 5.04. The molecule has 0 heterocycles. The Kier molecular flexibility index (Phi) is 5.87. The van der Waals surface area contributed by atoms with Crippen LogP contribution in [0.4, 0.5) is 0 Å². The molecule has 0 unspecified atom stereocenters. The summed E-state index contributed by atoms with van der Waals surface area (Å²) in [5, 5.41) is 0. The van der Waals surface area contributed by atoms with Gasteiger partial charge in [0.1, 0.15) is 0 Å². The van der Waals surface area contributed by atoms with E-state index >= 15 is 0 Å². The minimum atomic E-state index is 0. The van der Waals surface area contributed by atoms with Crippen molar-refractivity contribution < 1.29 is 35.9 Å². The van der Waals surface area contributed by atoms with Gasteiger partial charge in [-0.25, -0.2) is 0 Å². The zero-order chi connectivity index (χ0) is 6.53. The summed E-state index contributed by atoms with van der Waals surface area (Å²) >= 11 is 0. The summed E-state index contributed by atoms with van der Waals surface area (Å²) in [6, 6.07) is 10.4. The monoisotopic (exact) mass is 358 g/mol. The maximum Gasteiger partial charge on any atom is 2.00 e. The fourth-order valence-electron chi connectivity index (χ4n) is 0.577. The van der Waals surface area contributed by atoms with Gasteiger partial charge in [-0.1, -0.05) is 0 Å². The van der Waals surface area contributed by atoms with Crippen molar-refractivity contribution >= 4 is 0 Å². The second-order valence-corrected chi connectivity index (χ2v) is 1.58. The quantitative estimate of drug-likeness (QED) is 0.732. The number of rotatable bonds is 2. The van der Waals surface area contributed by atoms with Crippen molar-refractivity contribution in [2.45, 2.75) is 0 Å². The van der Waals surface area contributed by atoms with Crippen LogP contribution in [0.25, 0.3) is 0 Å². The van der Waals surface area contributed by atoms with Crippen molar-refractivity contribution in [2.24, 2.45) is 0 Å². The van der Waals surface area contributed by atoms with Gasteiger partial charge in [0, 0.05) is 5.75 Å². The van der Waals surface area contributed by atoms with E-state index in [0.717, 1.165) is 5.75 Å². The molecule has 0 saturated heterocycles. The van der Waals surface area contributed by atoms with Gasteiger partial charge >= 0.3 is 31.1 Å². The Bertz CT molecular complexity index is 162. The van der Waals surface area contributed by atoms with Crippen molar-refractivity contribution in [1.29, 1.82) is 0 Å². The summed E-state index contributed by atoms with van der Waals surface area (Å²) in [4.78, 5) is 0. The first-order valence-electron chi connectivity index (χ1n) is 2.82. The van der Waals surface area contributed by atoms with E-state index in [2.05, 4.69) is 13.0 Å². The molecule has 0 amide bonds. The van der Waals surface area contributed by atoms with Gasteiger partial charge in [-0.05, 0) is 6.61 Å². The van der Waals surface area contributed by atoms with Crippen LogP contribution in [0, 0.1) is 44.1 Å². The fraction of sp³-hybridized carbons (Fsp3) is 0.125. The van der Waals surface area contributed by atoms with Crippen LogP contribution < -0.4 is 4.74 Å². The topological polar surface area (TPSA) is 9.23 Å². The Hall–Kier alpha value is 0.0719. The van der Waals surface area contributed by atoms with E-state index in [4.69, 9.17) is 4.74 Å². The second-order valence-electron chi connectivity index (χ2n) is 1.58. The third-order valence-corrected chi connectivity index (χ3v) is 0.938. The maximum atomic E-state index is 5.04. The van der Waals surface area contributed by atoms with Crippen LogP contribution in [0.1, 0.15) is 0 Å². The normalized spacial score (nSPS) is 8.10. The molecular weight excluding hydrogens is 350 g/mol. The molecule has 0 aromatic heterocycles. The van der Waals surface area contributed by atoms with E-state index < -0.39 is 0 Å². The van der Waals surface area contributed by atoms with Gasteiger partial charge in [0.15, 0.2) is 0 Å². The number of hydrogen-bond donors (Lipinski definition) is 0. The third-order valence-electron chi connectivity index (χ3n) is 0.938. The Morgan fingerprint density at radius 3 is 2.80 bits per heavy atom. The summed E-state index contributed by atoms with van der Waals surface area (Å²) in [7, 11) is 0. The summed E-state index contributed by atoms with van der Waals surface area (Å²) in [5.41, 5.74) is 0. The minimum Gasteiger partial charge on any atom is -0.551 e. The summed E-state index contributed by atoms with van der Waals surface area (Å²) in [5.74, 6) is 0.757. The van der Waals surface area contributed by atoms with Crippen molar-refractivity contribution in [3.8, 4) is 5.75 Å². The van der Waals surface area contributed by atoms with Crippen molar-refractivity contribution in [2.75, 3.05) is 6.61 Å². The van der Waals surface area contributed by atoms with Gasteiger partial charge in [-0.15, -0.1) is 12.1 Å². The Morgan fingerprint density at radius 1 is 1.50 bits per heavy atom. The van der Waals surface area contributed by atoms with E-state index in [1.807, 2.05) is 24.3 Å². The van der Waals surface area contributed by atoms with Gasteiger partial charge in [0.2, 0.25) is 0 Å². The Balaban J connectivity index is 0.000000810. The van der Waals surface area contributed by atoms with Gasteiger partial charge in [-0.3, -0.25) is 0 Å². The van der Waals surface area contributed by atoms with Gasteiger partial charge < -0.3 is 11.7 Å². The first kappa shape index (κ1) is 10.1. The molecule has 0 aliphatic heterocycles. The van der Waals surface area contributed by atoms with Gasteiger partial charge in [0.05, 0.1) is 0 Å². The number of para-hydroxylation sites is 1. The van der Waals surface area contributed by atoms with Gasteiger partial charge in [0.25, 0.3) is 0 Å². The Morgan fingerprint density at radius 2 is 2.30 bits per heavy atom. The molecule has 0 aliphatic carbocycles. The molecule has 0 radical (unpaired) electrons. The first-order valence-corrected chi connectivity index (χ1v) is 2.82. The molecule has 1 aromatic rings. The number of ether oxygens (including phenoxy) is 1. The molecule has 0 N–H and O–H groups in total. The average Bonchev–Trinajstić information content (AvgIpc) is 1.91. The maximum absolute atomic E-state index is 5.04. The molecule has 0 aliphatic rings. The molecule has 50 valence electrons. The van der Waals surface area contributed by atoms with Crippen molar-refractivity contribution in [3.63, 3.8) is 0 Å². The van der Waals surface area contributed by atoms with Crippen LogP contribution >= 0.6 is 0 Å². The predicted molar refractivity (Wildman–Crippen MR) is 36.1 cm³/mol. The molecule has 0 fully saturated rings. The van der Waals surface area contributed by atoms with Crippen LogP contribution in [0.5, 0.6) is 5.75 Å². The summed E-state index contributed by atoms with van der Waals surface area (Å²) in [6.07, 6.45) is 0. The molecule has 2 heteroatoms. The third kappa shape index (κ3) is 3.29. The predicted octanol–water partition coefficient (Wildman–Crippen LogP) is 1.70. The molecule has 0 bridgehead atoms. The van der Waals surface area contributed by atoms with Crippen LogP contribution in [0.2, 0.25) is 0 Å². The molecule has 1 nitrogen and oxygen atoms in total. The van der Waals surface area contributed by atoms with Crippen LogP contribution in [-0.2, 0) is 0 Å². The largest absolute Gasteiger partial charge is 2.00 e.